The van der Waals surface area contributed by atoms with Gasteiger partial charge in [-0.3, -0.25) is 4.79 Å². The van der Waals surface area contributed by atoms with Crippen molar-refractivity contribution in [1.29, 1.82) is 0 Å². The molecule has 2 rings (SSSR count). The number of benzene rings is 1. The first-order valence-electron chi connectivity index (χ1n) is 6.60. The van der Waals surface area contributed by atoms with Gasteiger partial charge in [0.1, 0.15) is 0 Å². The average molecular weight is 280 g/mol. The lowest BCUT2D eigenvalue weighted by molar-refractivity contribution is -0.128. The Balaban J connectivity index is 1.81. The van der Waals surface area contributed by atoms with Gasteiger partial charge < -0.3 is 15.3 Å². The van der Waals surface area contributed by atoms with Crippen molar-refractivity contribution in [1.82, 2.24) is 10.2 Å². The van der Waals surface area contributed by atoms with Gasteiger partial charge in [-0.25, -0.2) is 0 Å². The minimum absolute atomic E-state index is 0.0602. The van der Waals surface area contributed by atoms with E-state index < -0.39 is 0 Å². The summed E-state index contributed by atoms with van der Waals surface area (Å²) in [6.07, 6.45) is 1.03. The monoisotopic (exact) mass is 280 g/mol. The Bertz CT molecular complexity index is 400. The molecule has 5 heteroatoms. The Kier molecular flexibility index (Phi) is 5.69. The fourth-order valence-electron chi connectivity index (χ4n) is 2.02. The van der Waals surface area contributed by atoms with Crippen LogP contribution < -0.4 is 5.32 Å². The van der Waals surface area contributed by atoms with Gasteiger partial charge >= 0.3 is 0 Å². The number of hydrogen-bond donors (Lipinski definition) is 2. The molecule has 19 heavy (non-hydrogen) atoms. The van der Waals surface area contributed by atoms with Gasteiger partial charge in [0.25, 0.3) is 0 Å². The van der Waals surface area contributed by atoms with Crippen molar-refractivity contribution < 1.29 is 9.90 Å². The molecule has 1 aromatic carbocycles. The smallest absolute Gasteiger partial charge is 0.232 e. The van der Waals surface area contributed by atoms with Crippen molar-refractivity contribution in [3.63, 3.8) is 0 Å². The standard InChI is InChI=1S/C14H20N2O2S/c17-10-12-2-4-13(5-3-12)19-11-14(18)16-8-1-6-15-7-9-16/h2-5,15,17H,1,6-11H2. The predicted molar refractivity (Wildman–Crippen MR) is 77.2 cm³/mol. The number of rotatable bonds is 4. The highest BCUT2D eigenvalue weighted by Crippen LogP contribution is 2.19. The SMILES string of the molecule is O=C(CSc1ccc(CO)cc1)N1CCCNCC1. The average Bonchev–Trinajstić information content (AvgIpc) is 2.74. The lowest BCUT2D eigenvalue weighted by Crippen LogP contribution is -2.35. The van der Waals surface area contributed by atoms with Crippen molar-refractivity contribution >= 4 is 17.7 Å². The molecule has 1 aliphatic heterocycles. The summed E-state index contributed by atoms with van der Waals surface area (Å²) in [6, 6.07) is 7.69. The van der Waals surface area contributed by atoms with Crippen molar-refractivity contribution in [2.75, 3.05) is 31.9 Å². The molecule has 0 atom stereocenters. The summed E-state index contributed by atoms with van der Waals surface area (Å²) in [5.74, 6) is 0.693. The van der Waals surface area contributed by atoms with E-state index in [1.54, 1.807) is 11.8 Å². The van der Waals surface area contributed by atoms with E-state index in [4.69, 9.17) is 5.11 Å². The van der Waals surface area contributed by atoms with Crippen LogP contribution in [0.25, 0.3) is 0 Å². The highest BCUT2D eigenvalue weighted by Gasteiger charge is 2.15. The first-order valence-corrected chi connectivity index (χ1v) is 7.59. The second kappa shape index (κ2) is 7.53. The lowest BCUT2D eigenvalue weighted by atomic mass is 10.2. The summed E-state index contributed by atoms with van der Waals surface area (Å²) in [5, 5.41) is 12.3. The van der Waals surface area contributed by atoms with Crippen LogP contribution in [0.15, 0.2) is 29.2 Å². The topological polar surface area (TPSA) is 52.6 Å². The molecule has 1 amide bonds. The maximum absolute atomic E-state index is 12.1. The number of thioether (sulfide) groups is 1. The highest BCUT2D eigenvalue weighted by molar-refractivity contribution is 8.00. The van der Waals surface area contributed by atoms with Crippen LogP contribution >= 0.6 is 11.8 Å². The van der Waals surface area contributed by atoms with Gasteiger partial charge in [-0.2, -0.15) is 0 Å². The Morgan fingerprint density at radius 1 is 1.26 bits per heavy atom. The maximum atomic E-state index is 12.1. The largest absolute Gasteiger partial charge is 0.392 e. The van der Waals surface area contributed by atoms with E-state index in [1.165, 1.54) is 0 Å². The molecule has 1 fully saturated rings. The van der Waals surface area contributed by atoms with Crippen LogP contribution in [0.5, 0.6) is 0 Å². The summed E-state index contributed by atoms with van der Waals surface area (Å²) >= 11 is 1.55. The van der Waals surface area contributed by atoms with Gasteiger partial charge in [0.05, 0.1) is 12.4 Å². The Morgan fingerprint density at radius 2 is 2.05 bits per heavy atom. The second-order valence-corrected chi connectivity index (χ2v) is 5.62. The van der Waals surface area contributed by atoms with E-state index in [-0.39, 0.29) is 12.5 Å². The van der Waals surface area contributed by atoms with E-state index in [2.05, 4.69) is 5.32 Å². The maximum Gasteiger partial charge on any atom is 0.232 e. The van der Waals surface area contributed by atoms with Gasteiger partial charge in [0.15, 0.2) is 0 Å². The van der Waals surface area contributed by atoms with Crippen molar-refractivity contribution in [3.05, 3.63) is 29.8 Å². The van der Waals surface area contributed by atoms with Crippen LogP contribution in [0.3, 0.4) is 0 Å². The Morgan fingerprint density at radius 3 is 2.79 bits per heavy atom. The number of aliphatic hydroxyl groups excluding tert-OH is 1. The molecular weight excluding hydrogens is 260 g/mol. The normalized spacial score (nSPS) is 16.2. The molecule has 104 valence electrons. The summed E-state index contributed by atoms with van der Waals surface area (Å²) in [6.45, 7) is 3.62. The quantitative estimate of drug-likeness (QED) is 0.811. The van der Waals surface area contributed by atoms with Gasteiger partial charge in [-0.15, -0.1) is 11.8 Å². The number of carbonyl (C=O) groups excluding carboxylic acids is 1. The van der Waals surface area contributed by atoms with Gasteiger partial charge in [0.2, 0.25) is 5.91 Å². The van der Waals surface area contributed by atoms with E-state index in [0.717, 1.165) is 43.1 Å². The zero-order chi connectivity index (χ0) is 13.5. The minimum atomic E-state index is 0.0602. The third-order valence-electron chi connectivity index (χ3n) is 3.16. The molecule has 0 bridgehead atoms. The number of hydrogen-bond acceptors (Lipinski definition) is 4. The lowest BCUT2D eigenvalue weighted by Gasteiger charge is -2.19. The molecular formula is C14H20N2O2S. The molecule has 0 unspecified atom stereocenters. The van der Waals surface area contributed by atoms with E-state index in [1.807, 2.05) is 29.2 Å². The summed E-state index contributed by atoms with van der Waals surface area (Å²) in [7, 11) is 0. The third-order valence-corrected chi connectivity index (χ3v) is 4.16. The molecule has 4 nitrogen and oxygen atoms in total. The first-order chi connectivity index (χ1) is 9.29. The van der Waals surface area contributed by atoms with Crippen molar-refractivity contribution in [3.8, 4) is 0 Å². The number of nitrogens with one attached hydrogen (secondary N) is 1. The predicted octanol–water partition coefficient (Wildman–Crippen LogP) is 1.09. The van der Waals surface area contributed by atoms with E-state index in [0.29, 0.717) is 5.75 Å². The molecule has 2 N–H and O–H groups in total. The van der Waals surface area contributed by atoms with E-state index >= 15 is 0 Å². The number of aliphatic hydroxyl groups is 1. The van der Waals surface area contributed by atoms with Crippen molar-refractivity contribution in [2.45, 2.75) is 17.9 Å². The summed E-state index contributed by atoms with van der Waals surface area (Å²) < 4.78 is 0. The van der Waals surface area contributed by atoms with Crippen LogP contribution in [0.2, 0.25) is 0 Å². The Hall–Kier alpha value is -1.04. The molecule has 1 aliphatic rings. The molecule has 0 spiro atoms. The zero-order valence-corrected chi connectivity index (χ0v) is 11.8. The molecule has 0 aromatic heterocycles. The summed E-state index contributed by atoms with van der Waals surface area (Å²) in [5.41, 5.74) is 0.897. The van der Waals surface area contributed by atoms with Crippen LogP contribution in [0.4, 0.5) is 0 Å². The zero-order valence-electron chi connectivity index (χ0n) is 11.0. The molecule has 0 radical (unpaired) electrons. The molecule has 1 heterocycles. The van der Waals surface area contributed by atoms with Gasteiger partial charge in [-0.1, -0.05) is 12.1 Å². The van der Waals surface area contributed by atoms with Gasteiger partial charge in [-0.05, 0) is 30.7 Å². The first kappa shape index (κ1) is 14.4. The van der Waals surface area contributed by atoms with Crippen LogP contribution in [0, 0.1) is 0 Å². The van der Waals surface area contributed by atoms with Gasteiger partial charge in [0, 0.05) is 24.5 Å². The number of amides is 1. The Labute approximate surface area is 118 Å². The minimum Gasteiger partial charge on any atom is -0.392 e. The third kappa shape index (κ3) is 4.53. The summed E-state index contributed by atoms with van der Waals surface area (Å²) in [4.78, 5) is 15.1. The molecule has 1 saturated heterocycles. The highest BCUT2D eigenvalue weighted by atomic mass is 32.2. The molecule has 0 saturated carbocycles. The van der Waals surface area contributed by atoms with Crippen molar-refractivity contribution in [2.24, 2.45) is 0 Å². The number of nitrogens with zero attached hydrogens (tertiary/aromatic N) is 1. The van der Waals surface area contributed by atoms with Crippen LogP contribution in [-0.2, 0) is 11.4 Å². The second-order valence-electron chi connectivity index (χ2n) is 4.58. The molecule has 1 aromatic rings. The van der Waals surface area contributed by atoms with Crippen LogP contribution in [0.1, 0.15) is 12.0 Å². The molecule has 0 aliphatic carbocycles. The fraction of sp³-hybridized carbons (Fsp3) is 0.500. The fourth-order valence-corrected chi connectivity index (χ4v) is 2.82. The van der Waals surface area contributed by atoms with E-state index in [9.17, 15) is 4.79 Å². The van der Waals surface area contributed by atoms with Crippen LogP contribution in [-0.4, -0.2) is 47.8 Å². The number of carbonyl (C=O) groups is 1.